The van der Waals surface area contributed by atoms with E-state index in [1.807, 2.05) is 55.3 Å². The molecule has 0 saturated carbocycles. The van der Waals surface area contributed by atoms with Gasteiger partial charge in [-0.15, -0.1) is 0 Å². The number of piperazine rings is 1. The van der Waals surface area contributed by atoms with Crippen molar-refractivity contribution in [3.63, 3.8) is 0 Å². The molecule has 1 aliphatic rings. The van der Waals surface area contributed by atoms with Gasteiger partial charge < -0.3 is 19.9 Å². The Bertz CT molecular complexity index is 983. The first kappa shape index (κ1) is 23.4. The SMILES string of the molecule is CCOc1ccc(/C=C/C(=O)NC(=S)Nc2ccccc2C(=O)N2CCN(C)CC2)cc1. The van der Waals surface area contributed by atoms with Crippen LogP contribution < -0.4 is 15.4 Å². The van der Waals surface area contributed by atoms with Crippen molar-refractivity contribution in [2.24, 2.45) is 0 Å². The summed E-state index contributed by atoms with van der Waals surface area (Å²) >= 11 is 5.28. The second kappa shape index (κ2) is 11.4. The standard InChI is InChI=1S/C24H28N4O3S/c1-3-31-19-11-8-18(9-12-19)10-13-22(29)26-24(32)25-21-7-5-4-6-20(21)23(30)28-16-14-27(2)15-17-28/h4-13H,3,14-17H2,1-2H3,(H2,25,26,29,32)/b13-10+. The van der Waals surface area contributed by atoms with Crippen LogP contribution in [0.15, 0.2) is 54.6 Å². The molecule has 7 nitrogen and oxygen atoms in total. The van der Waals surface area contributed by atoms with E-state index in [0.717, 1.165) is 24.4 Å². The van der Waals surface area contributed by atoms with E-state index in [-0.39, 0.29) is 16.9 Å². The molecule has 1 saturated heterocycles. The molecule has 168 valence electrons. The third-order valence-corrected chi connectivity index (χ3v) is 5.26. The lowest BCUT2D eigenvalue weighted by Gasteiger charge is -2.32. The second-order valence-electron chi connectivity index (χ2n) is 7.42. The number of amides is 2. The lowest BCUT2D eigenvalue weighted by Crippen LogP contribution is -2.47. The molecule has 2 amide bonds. The Labute approximate surface area is 194 Å². The van der Waals surface area contributed by atoms with E-state index < -0.39 is 0 Å². The van der Waals surface area contributed by atoms with Crippen LogP contribution in [0.3, 0.4) is 0 Å². The normalized spacial score (nSPS) is 14.2. The first-order valence-electron chi connectivity index (χ1n) is 10.6. The number of ether oxygens (including phenoxy) is 1. The molecule has 8 heteroatoms. The number of rotatable bonds is 6. The molecule has 2 N–H and O–H groups in total. The van der Waals surface area contributed by atoms with Crippen molar-refractivity contribution < 1.29 is 14.3 Å². The van der Waals surface area contributed by atoms with Gasteiger partial charge in [0.15, 0.2) is 5.11 Å². The summed E-state index contributed by atoms with van der Waals surface area (Å²) in [5, 5.41) is 5.73. The zero-order valence-electron chi connectivity index (χ0n) is 18.3. The Morgan fingerprint density at radius 2 is 1.75 bits per heavy atom. The molecule has 0 spiro atoms. The molecule has 3 rings (SSSR count). The van der Waals surface area contributed by atoms with Crippen LogP contribution in [0, 0.1) is 0 Å². The highest BCUT2D eigenvalue weighted by Crippen LogP contribution is 2.18. The van der Waals surface area contributed by atoms with Gasteiger partial charge in [-0.1, -0.05) is 24.3 Å². The van der Waals surface area contributed by atoms with Crippen molar-refractivity contribution in [3.05, 3.63) is 65.7 Å². The van der Waals surface area contributed by atoms with Gasteiger partial charge in [0.05, 0.1) is 17.9 Å². The van der Waals surface area contributed by atoms with Gasteiger partial charge in [0.1, 0.15) is 5.75 Å². The van der Waals surface area contributed by atoms with E-state index >= 15 is 0 Å². The van der Waals surface area contributed by atoms with Gasteiger partial charge in [-0.3, -0.25) is 14.9 Å². The highest BCUT2D eigenvalue weighted by molar-refractivity contribution is 7.80. The molecule has 0 aliphatic carbocycles. The Kier molecular flexibility index (Phi) is 8.35. The Hall–Kier alpha value is -3.23. The van der Waals surface area contributed by atoms with E-state index in [9.17, 15) is 9.59 Å². The highest BCUT2D eigenvalue weighted by atomic mass is 32.1. The van der Waals surface area contributed by atoms with Crippen molar-refractivity contribution >= 4 is 40.9 Å². The molecule has 0 radical (unpaired) electrons. The predicted octanol–water partition coefficient (Wildman–Crippen LogP) is 3.00. The summed E-state index contributed by atoms with van der Waals surface area (Å²) in [5.74, 6) is 0.370. The lowest BCUT2D eigenvalue weighted by atomic mass is 10.1. The first-order chi connectivity index (χ1) is 15.5. The highest BCUT2D eigenvalue weighted by Gasteiger charge is 2.22. The van der Waals surface area contributed by atoms with Crippen molar-refractivity contribution in [2.45, 2.75) is 6.92 Å². The third kappa shape index (κ3) is 6.63. The van der Waals surface area contributed by atoms with Crippen LogP contribution in [0.1, 0.15) is 22.8 Å². The van der Waals surface area contributed by atoms with Gasteiger partial charge in [-0.2, -0.15) is 0 Å². The topological polar surface area (TPSA) is 73.9 Å². The summed E-state index contributed by atoms with van der Waals surface area (Å²) in [5.41, 5.74) is 1.96. The Balaban J connectivity index is 1.57. The number of likely N-dealkylation sites (N-methyl/N-ethyl adjacent to an activating group) is 1. The van der Waals surface area contributed by atoms with Crippen molar-refractivity contribution in [2.75, 3.05) is 45.2 Å². The molecule has 2 aromatic rings. The van der Waals surface area contributed by atoms with Gasteiger partial charge >= 0.3 is 0 Å². The average Bonchev–Trinajstić information content (AvgIpc) is 2.79. The van der Waals surface area contributed by atoms with Crippen LogP contribution in [0.25, 0.3) is 6.08 Å². The lowest BCUT2D eigenvalue weighted by molar-refractivity contribution is -0.115. The minimum atomic E-state index is -0.362. The second-order valence-corrected chi connectivity index (χ2v) is 7.83. The molecule has 0 aromatic heterocycles. The summed E-state index contributed by atoms with van der Waals surface area (Å²) < 4.78 is 5.41. The molecule has 0 unspecified atom stereocenters. The molecular formula is C24H28N4O3S. The number of para-hydroxylation sites is 1. The first-order valence-corrected chi connectivity index (χ1v) is 11.0. The minimum absolute atomic E-state index is 0.0503. The fourth-order valence-corrected chi connectivity index (χ4v) is 3.49. The smallest absolute Gasteiger partial charge is 0.256 e. The Morgan fingerprint density at radius 3 is 2.44 bits per heavy atom. The van der Waals surface area contributed by atoms with Crippen LogP contribution in [0.2, 0.25) is 0 Å². The van der Waals surface area contributed by atoms with Crippen molar-refractivity contribution in [3.8, 4) is 5.75 Å². The molecule has 2 aromatic carbocycles. The van der Waals surface area contributed by atoms with Gasteiger partial charge in [0.25, 0.3) is 5.91 Å². The number of hydrogen-bond acceptors (Lipinski definition) is 5. The van der Waals surface area contributed by atoms with Crippen molar-refractivity contribution in [1.82, 2.24) is 15.1 Å². The Morgan fingerprint density at radius 1 is 1.06 bits per heavy atom. The van der Waals surface area contributed by atoms with Crippen LogP contribution in [-0.4, -0.2) is 66.6 Å². The maximum atomic E-state index is 13.0. The maximum Gasteiger partial charge on any atom is 0.256 e. The van der Waals surface area contributed by atoms with Gasteiger partial charge in [0, 0.05) is 32.3 Å². The third-order valence-electron chi connectivity index (χ3n) is 5.05. The fourth-order valence-electron chi connectivity index (χ4n) is 3.28. The number of nitrogens with one attached hydrogen (secondary N) is 2. The predicted molar refractivity (Wildman–Crippen MR) is 131 cm³/mol. The molecule has 0 atom stereocenters. The zero-order valence-corrected chi connectivity index (χ0v) is 19.2. The number of hydrogen-bond donors (Lipinski definition) is 2. The van der Waals surface area contributed by atoms with E-state index in [1.165, 1.54) is 6.08 Å². The number of carbonyl (C=O) groups is 2. The fraction of sp³-hybridized carbons (Fsp3) is 0.292. The molecule has 1 heterocycles. The van der Waals surface area contributed by atoms with Crippen LogP contribution in [0.4, 0.5) is 5.69 Å². The van der Waals surface area contributed by atoms with Gasteiger partial charge in [-0.25, -0.2) is 0 Å². The average molecular weight is 453 g/mol. The van der Waals surface area contributed by atoms with Gasteiger partial charge in [-0.05, 0) is 62.1 Å². The van der Waals surface area contributed by atoms with E-state index in [2.05, 4.69) is 15.5 Å². The summed E-state index contributed by atoms with van der Waals surface area (Å²) in [6.07, 6.45) is 3.10. The largest absolute Gasteiger partial charge is 0.494 e. The minimum Gasteiger partial charge on any atom is -0.494 e. The van der Waals surface area contributed by atoms with Crippen LogP contribution in [-0.2, 0) is 4.79 Å². The number of carbonyl (C=O) groups excluding carboxylic acids is 2. The van der Waals surface area contributed by atoms with Crippen LogP contribution >= 0.6 is 12.2 Å². The quantitative estimate of drug-likeness (QED) is 0.519. The molecule has 1 aliphatic heterocycles. The number of benzene rings is 2. The monoisotopic (exact) mass is 452 g/mol. The van der Waals surface area contributed by atoms with E-state index in [0.29, 0.717) is 30.9 Å². The van der Waals surface area contributed by atoms with Crippen LogP contribution in [0.5, 0.6) is 5.75 Å². The summed E-state index contributed by atoms with van der Waals surface area (Å²) in [7, 11) is 2.04. The molecular weight excluding hydrogens is 424 g/mol. The summed E-state index contributed by atoms with van der Waals surface area (Å²) in [4.78, 5) is 29.3. The summed E-state index contributed by atoms with van der Waals surface area (Å²) in [6.45, 7) is 5.58. The molecule has 0 bridgehead atoms. The maximum absolute atomic E-state index is 13.0. The van der Waals surface area contributed by atoms with E-state index in [1.54, 1.807) is 18.2 Å². The van der Waals surface area contributed by atoms with Crippen molar-refractivity contribution in [1.29, 1.82) is 0 Å². The van der Waals surface area contributed by atoms with E-state index in [4.69, 9.17) is 17.0 Å². The van der Waals surface area contributed by atoms with Gasteiger partial charge in [0.2, 0.25) is 5.91 Å². The number of nitrogens with zero attached hydrogens (tertiary/aromatic N) is 2. The number of anilines is 1. The molecule has 32 heavy (non-hydrogen) atoms. The number of thiocarbonyl (C=S) groups is 1. The zero-order chi connectivity index (χ0) is 22.9. The molecule has 1 fully saturated rings. The summed E-state index contributed by atoms with van der Waals surface area (Å²) in [6, 6.07) is 14.6.